The van der Waals surface area contributed by atoms with Crippen LogP contribution in [0.15, 0.2) is 28.8 Å². The molecule has 16 heavy (non-hydrogen) atoms. The van der Waals surface area contributed by atoms with Gasteiger partial charge in [-0.15, -0.1) is 0 Å². The number of para-hydroxylation sites is 1. The molecule has 0 amide bonds. The minimum atomic E-state index is 0.670. The van der Waals surface area contributed by atoms with Crippen molar-refractivity contribution in [1.82, 2.24) is 10.1 Å². The average Bonchev–Trinajstić information content (AvgIpc) is 2.73. The molecule has 0 N–H and O–H groups in total. The maximum absolute atomic E-state index is 5.27. The van der Waals surface area contributed by atoms with Gasteiger partial charge >= 0.3 is 0 Å². The summed E-state index contributed by atoms with van der Waals surface area (Å²) in [5, 5.41) is 3.75. The van der Waals surface area contributed by atoms with Gasteiger partial charge in [-0.05, 0) is 25.0 Å². The SMILES string of the molecule is COc1ccccc1CCc1nc(C)no1. The Kier molecular flexibility index (Phi) is 3.19. The summed E-state index contributed by atoms with van der Waals surface area (Å²) in [7, 11) is 1.68. The fourth-order valence-corrected chi connectivity index (χ4v) is 1.59. The van der Waals surface area contributed by atoms with Crippen molar-refractivity contribution in [3.8, 4) is 5.75 Å². The maximum Gasteiger partial charge on any atom is 0.226 e. The third kappa shape index (κ3) is 2.39. The Labute approximate surface area is 94.2 Å². The van der Waals surface area contributed by atoms with Crippen LogP contribution < -0.4 is 4.74 Å². The Hall–Kier alpha value is -1.84. The minimum absolute atomic E-state index is 0.670. The summed E-state index contributed by atoms with van der Waals surface area (Å²) in [6, 6.07) is 7.95. The lowest BCUT2D eigenvalue weighted by Gasteiger charge is -2.05. The third-order valence-corrected chi connectivity index (χ3v) is 2.37. The quantitative estimate of drug-likeness (QED) is 0.789. The fraction of sp³-hybridized carbons (Fsp3) is 0.333. The number of nitrogens with zero attached hydrogens (tertiary/aromatic N) is 2. The van der Waals surface area contributed by atoms with E-state index in [0.717, 1.165) is 24.2 Å². The summed E-state index contributed by atoms with van der Waals surface area (Å²) in [6.07, 6.45) is 1.58. The van der Waals surface area contributed by atoms with E-state index in [2.05, 4.69) is 10.1 Å². The lowest BCUT2D eigenvalue weighted by Crippen LogP contribution is -1.95. The van der Waals surface area contributed by atoms with Crippen LogP contribution in [0.2, 0.25) is 0 Å². The molecule has 0 spiro atoms. The highest BCUT2D eigenvalue weighted by Crippen LogP contribution is 2.18. The van der Waals surface area contributed by atoms with E-state index >= 15 is 0 Å². The molecule has 0 aliphatic carbocycles. The first kappa shape index (κ1) is 10.7. The number of hydrogen-bond donors (Lipinski definition) is 0. The lowest BCUT2D eigenvalue weighted by atomic mass is 10.1. The molecule has 1 aromatic heterocycles. The number of methoxy groups -OCH3 is 1. The van der Waals surface area contributed by atoms with E-state index in [1.807, 2.05) is 31.2 Å². The molecule has 84 valence electrons. The Morgan fingerprint density at radius 1 is 1.25 bits per heavy atom. The van der Waals surface area contributed by atoms with Crippen molar-refractivity contribution in [2.75, 3.05) is 7.11 Å². The highest BCUT2D eigenvalue weighted by molar-refractivity contribution is 5.33. The summed E-state index contributed by atoms with van der Waals surface area (Å²) in [4.78, 5) is 4.16. The molecule has 0 bridgehead atoms. The van der Waals surface area contributed by atoms with Crippen molar-refractivity contribution >= 4 is 0 Å². The first-order valence-electron chi connectivity index (χ1n) is 5.20. The molecule has 1 heterocycles. The molecular weight excluding hydrogens is 204 g/mol. The van der Waals surface area contributed by atoms with Gasteiger partial charge in [-0.2, -0.15) is 4.98 Å². The molecule has 2 aromatic rings. The van der Waals surface area contributed by atoms with Crippen LogP contribution in [0.1, 0.15) is 17.3 Å². The molecule has 2 rings (SSSR count). The summed E-state index contributed by atoms with van der Waals surface area (Å²) in [5.74, 6) is 2.25. The van der Waals surface area contributed by atoms with Gasteiger partial charge in [0.25, 0.3) is 0 Å². The fourth-order valence-electron chi connectivity index (χ4n) is 1.59. The highest BCUT2D eigenvalue weighted by Gasteiger charge is 2.06. The molecule has 0 aliphatic heterocycles. The second-order valence-electron chi connectivity index (χ2n) is 3.55. The monoisotopic (exact) mass is 218 g/mol. The van der Waals surface area contributed by atoms with Crippen LogP contribution in [0.3, 0.4) is 0 Å². The summed E-state index contributed by atoms with van der Waals surface area (Å²) >= 11 is 0. The molecule has 0 radical (unpaired) electrons. The second-order valence-corrected chi connectivity index (χ2v) is 3.55. The molecule has 0 atom stereocenters. The van der Waals surface area contributed by atoms with Gasteiger partial charge in [-0.25, -0.2) is 0 Å². The number of aryl methyl sites for hydroxylation is 3. The van der Waals surface area contributed by atoms with E-state index in [4.69, 9.17) is 9.26 Å². The first-order valence-corrected chi connectivity index (χ1v) is 5.20. The number of ether oxygens (including phenoxy) is 1. The maximum atomic E-state index is 5.27. The summed E-state index contributed by atoms with van der Waals surface area (Å²) < 4.78 is 10.3. The predicted octanol–water partition coefficient (Wildman–Crippen LogP) is 2.17. The predicted molar refractivity (Wildman–Crippen MR) is 59.4 cm³/mol. The molecule has 0 saturated carbocycles. The average molecular weight is 218 g/mol. The van der Waals surface area contributed by atoms with Crippen molar-refractivity contribution in [2.45, 2.75) is 19.8 Å². The van der Waals surface area contributed by atoms with Crippen LogP contribution in [0.25, 0.3) is 0 Å². The van der Waals surface area contributed by atoms with Crippen LogP contribution in [0.4, 0.5) is 0 Å². The number of rotatable bonds is 4. The largest absolute Gasteiger partial charge is 0.496 e. The first-order chi connectivity index (χ1) is 7.79. The van der Waals surface area contributed by atoms with Crippen LogP contribution in [0, 0.1) is 6.92 Å². The number of aromatic nitrogens is 2. The Morgan fingerprint density at radius 2 is 2.06 bits per heavy atom. The highest BCUT2D eigenvalue weighted by atomic mass is 16.5. The zero-order chi connectivity index (χ0) is 11.4. The van der Waals surface area contributed by atoms with Gasteiger partial charge in [0.15, 0.2) is 5.82 Å². The van der Waals surface area contributed by atoms with E-state index in [9.17, 15) is 0 Å². The molecule has 0 aliphatic rings. The van der Waals surface area contributed by atoms with Crippen molar-refractivity contribution in [3.63, 3.8) is 0 Å². The zero-order valence-corrected chi connectivity index (χ0v) is 9.43. The van der Waals surface area contributed by atoms with Gasteiger partial charge in [-0.1, -0.05) is 23.4 Å². The van der Waals surface area contributed by atoms with Crippen molar-refractivity contribution in [2.24, 2.45) is 0 Å². The molecular formula is C12H14N2O2. The lowest BCUT2D eigenvalue weighted by molar-refractivity contribution is 0.372. The number of hydrogen-bond acceptors (Lipinski definition) is 4. The van der Waals surface area contributed by atoms with Crippen LogP contribution in [0.5, 0.6) is 5.75 Å². The van der Waals surface area contributed by atoms with Gasteiger partial charge in [0, 0.05) is 6.42 Å². The molecule has 1 aromatic carbocycles. The zero-order valence-electron chi connectivity index (χ0n) is 9.43. The third-order valence-electron chi connectivity index (χ3n) is 2.37. The second kappa shape index (κ2) is 4.79. The van der Waals surface area contributed by atoms with Crippen molar-refractivity contribution in [1.29, 1.82) is 0 Å². The van der Waals surface area contributed by atoms with Crippen molar-refractivity contribution < 1.29 is 9.26 Å². The molecule has 4 heteroatoms. The molecule has 4 nitrogen and oxygen atoms in total. The van der Waals surface area contributed by atoms with Gasteiger partial charge in [-0.3, -0.25) is 0 Å². The standard InChI is InChI=1S/C12H14N2O2/c1-9-13-12(16-14-9)8-7-10-5-3-4-6-11(10)15-2/h3-6H,7-8H2,1-2H3. The molecule has 0 saturated heterocycles. The van der Waals surface area contributed by atoms with Crippen LogP contribution >= 0.6 is 0 Å². The van der Waals surface area contributed by atoms with Crippen LogP contribution in [-0.4, -0.2) is 17.3 Å². The topological polar surface area (TPSA) is 48.2 Å². The van der Waals surface area contributed by atoms with Gasteiger partial charge in [0.2, 0.25) is 5.89 Å². The minimum Gasteiger partial charge on any atom is -0.496 e. The van der Waals surface area contributed by atoms with Crippen molar-refractivity contribution in [3.05, 3.63) is 41.5 Å². The Morgan fingerprint density at radius 3 is 2.75 bits per heavy atom. The summed E-state index contributed by atoms with van der Waals surface area (Å²) in [6.45, 7) is 1.82. The van der Waals surface area contributed by atoms with E-state index in [0.29, 0.717) is 11.7 Å². The van der Waals surface area contributed by atoms with E-state index in [-0.39, 0.29) is 0 Å². The molecule has 0 unspecified atom stereocenters. The van der Waals surface area contributed by atoms with E-state index in [1.165, 1.54) is 0 Å². The Bertz CT molecular complexity index is 466. The number of benzene rings is 1. The molecule has 0 fully saturated rings. The normalized spacial score (nSPS) is 10.4. The van der Waals surface area contributed by atoms with Gasteiger partial charge in [0.1, 0.15) is 5.75 Å². The Balaban J connectivity index is 2.04. The van der Waals surface area contributed by atoms with Gasteiger partial charge < -0.3 is 9.26 Å². The van der Waals surface area contributed by atoms with Crippen LogP contribution in [-0.2, 0) is 12.8 Å². The summed E-state index contributed by atoms with van der Waals surface area (Å²) in [5.41, 5.74) is 1.15. The smallest absolute Gasteiger partial charge is 0.226 e. The van der Waals surface area contributed by atoms with E-state index in [1.54, 1.807) is 7.11 Å². The van der Waals surface area contributed by atoms with Gasteiger partial charge in [0.05, 0.1) is 7.11 Å². The van der Waals surface area contributed by atoms with E-state index < -0.39 is 0 Å².